The Morgan fingerprint density at radius 2 is 1.91 bits per heavy atom. The van der Waals surface area contributed by atoms with Crippen molar-refractivity contribution in [1.82, 2.24) is 5.32 Å². The SMILES string of the molecule is CNCC(=O)Nc1ccc(C(=O)OC)cc1OCC(F)(F)F.Cl. The fourth-order valence-electron chi connectivity index (χ4n) is 1.50. The molecular weight excluding hydrogens is 341 g/mol. The van der Waals surface area contributed by atoms with E-state index in [0.29, 0.717) is 0 Å². The third kappa shape index (κ3) is 7.20. The highest BCUT2D eigenvalue weighted by Gasteiger charge is 2.29. The highest BCUT2D eigenvalue weighted by molar-refractivity contribution is 5.95. The molecule has 1 aromatic rings. The summed E-state index contributed by atoms with van der Waals surface area (Å²) >= 11 is 0. The average molecular weight is 357 g/mol. The Hall–Kier alpha value is -2.00. The van der Waals surface area contributed by atoms with E-state index in [4.69, 9.17) is 0 Å². The number of esters is 1. The van der Waals surface area contributed by atoms with E-state index >= 15 is 0 Å². The van der Waals surface area contributed by atoms with Gasteiger partial charge in [0.25, 0.3) is 0 Å². The largest absolute Gasteiger partial charge is 0.482 e. The van der Waals surface area contributed by atoms with Crippen molar-refractivity contribution in [3.8, 4) is 5.75 Å². The number of rotatable bonds is 6. The minimum absolute atomic E-state index is 0. The topological polar surface area (TPSA) is 76.7 Å². The maximum atomic E-state index is 12.3. The maximum Gasteiger partial charge on any atom is 0.422 e. The van der Waals surface area contributed by atoms with E-state index in [1.54, 1.807) is 7.05 Å². The van der Waals surface area contributed by atoms with Gasteiger partial charge in [-0.25, -0.2) is 4.79 Å². The number of amides is 1. The number of likely N-dealkylation sites (N-methyl/N-ethyl adjacent to an activating group) is 1. The lowest BCUT2D eigenvalue weighted by atomic mass is 10.2. The van der Waals surface area contributed by atoms with Gasteiger partial charge in [-0.3, -0.25) is 4.79 Å². The van der Waals surface area contributed by atoms with Crippen molar-refractivity contribution in [2.24, 2.45) is 0 Å². The van der Waals surface area contributed by atoms with E-state index in [2.05, 4.69) is 20.1 Å². The summed E-state index contributed by atoms with van der Waals surface area (Å²) in [4.78, 5) is 22.9. The van der Waals surface area contributed by atoms with Crippen molar-refractivity contribution in [1.29, 1.82) is 0 Å². The van der Waals surface area contributed by atoms with Crippen LogP contribution in [0.3, 0.4) is 0 Å². The van der Waals surface area contributed by atoms with Gasteiger partial charge in [0.2, 0.25) is 5.91 Å². The van der Waals surface area contributed by atoms with Crippen molar-refractivity contribution in [3.05, 3.63) is 23.8 Å². The zero-order valence-corrected chi connectivity index (χ0v) is 13.1. The summed E-state index contributed by atoms with van der Waals surface area (Å²) in [5.41, 5.74) is 0.0310. The molecule has 0 aliphatic rings. The molecule has 0 heterocycles. The van der Waals surface area contributed by atoms with Crippen LogP contribution in [0, 0.1) is 0 Å². The Morgan fingerprint density at radius 1 is 1.26 bits per heavy atom. The van der Waals surface area contributed by atoms with E-state index in [9.17, 15) is 22.8 Å². The van der Waals surface area contributed by atoms with Gasteiger partial charge >= 0.3 is 12.1 Å². The Bertz CT molecular complexity index is 553. The van der Waals surface area contributed by atoms with Gasteiger partial charge in [0, 0.05) is 0 Å². The number of carbonyl (C=O) groups is 2. The van der Waals surface area contributed by atoms with E-state index in [0.717, 1.165) is 13.2 Å². The van der Waals surface area contributed by atoms with Crippen LogP contribution in [0.5, 0.6) is 5.75 Å². The second-order valence-corrected chi connectivity index (χ2v) is 4.18. The first-order chi connectivity index (χ1) is 10.3. The first kappa shape index (κ1) is 21.0. The summed E-state index contributed by atoms with van der Waals surface area (Å²) in [7, 11) is 2.68. The normalized spacial score (nSPS) is 10.5. The van der Waals surface area contributed by atoms with Crippen molar-refractivity contribution in [2.75, 3.05) is 32.6 Å². The van der Waals surface area contributed by atoms with E-state index in [1.165, 1.54) is 12.1 Å². The lowest BCUT2D eigenvalue weighted by molar-refractivity contribution is -0.153. The Kier molecular flexibility index (Phi) is 8.41. The summed E-state index contributed by atoms with van der Waals surface area (Å²) in [6, 6.07) is 3.65. The molecule has 0 bridgehead atoms. The molecule has 2 N–H and O–H groups in total. The molecule has 0 saturated carbocycles. The third-order valence-electron chi connectivity index (χ3n) is 2.41. The van der Waals surface area contributed by atoms with E-state index in [-0.39, 0.29) is 36.0 Å². The van der Waals surface area contributed by atoms with Crippen LogP contribution >= 0.6 is 12.4 Å². The predicted octanol–water partition coefficient (Wildman–Crippen LogP) is 1.99. The fraction of sp³-hybridized carbons (Fsp3) is 0.385. The predicted molar refractivity (Wildman–Crippen MR) is 79.1 cm³/mol. The van der Waals surface area contributed by atoms with Gasteiger partial charge in [0.1, 0.15) is 5.75 Å². The van der Waals surface area contributed by atoms with Gasteiger partial charge in [-0.05, 0) is 25.2 Å². The van der Waals surface area contributed by atoms with Crippen LogP contribution in [0.4, 0.5) is 18.9 Å². The second kappa shape index (κ2) is 9.21. The van der Waals surface area contributed by atoms with Crippen LogP contribution in [0.25, 0.3) is 0 Å². The van der Waals surface area contributed by atoms with Crippen LogP contribution < -0.4 is 15.4 Å². The van der Waals surface area contributed by atoms with Crippen molar-refractivity contribution in [2.45, 2.75) is 6.18 Å². The molecule has 0 aliphatic heterocycles. The lowest BCUT2D eigenvalue weighted by Crippen LogP contribution is -2.26. The summed E-state index contributed by atoms with van der Waals surface area (Å²) in [5.74, 6) is -1.47. The number of benzene rings is 1. The third-order valence-corrected chi connectivity index (χ3v) is 2.41. The Labute approximate surface area is 136 Å². The van der Waals surface area contributed by atoms with Gasteiger partial charge in [-0.15, -0.1) is 12.4 Å². The molecule has 0 aliphatic carbocycles. The number of alkyl halides is 3. The van der Waals surface area contributed by atoms with Gasteiger partial charge in [0.05, 0.1) is 24.9 Å². The number of ether oxygens (including phenoxy) is 2. The number of nitrogens with one attached hydrogen (secondary N) is 2. The van der Waals surface area contributed by atoms with Gasteiger partial charge in [-0.1, -0.05) is 0 Å². The zero-order valence-electron chi connectivity index (χ0n) is 12.3. The van der Waals surface area contributed by atoms with Crippen LogP contribution in [0.2, 0.25) is 0 Å². The molecule has 0 saturated heterocycles. The Balaban J connectivity index is 0.00000484. The monoisotopic (exact) mass is 356 g/mol. The molecule has 6 nitrogen and oxygen atoms in total. The molecule has 1 aromatic carbocycles. The number of halogens is 4. The molecule has 0 aromatic heterocycles. The van der Waals surface area contributed by atoms with Crippen molar-refractivity contribution in [3.63, 3.8) is 0 Å². The molecular formula is C13H16ClF3N2O4. The lowest BCUT2D eigenvalue weighted by Gasteiger charge is -2.15. The number of hydrogen-bond donors (Lipinski definition) is 2. The summed E-state index contributed by atoms with van der Waals surface area (Å²) in [6.07, 6.45) is -4.55. The zero-order chi connectivity index (χ0) is 16.8. The van der Waals surface area contributed by atoms with Gasteiger partial charge in [0.15, 0.2) is 6.61 Å². The molecule has 1 rings (SSSR count). The van der Waals surface area contributed by atoms with Crippen LogP contribution in [-0.2, 0) is 9.53 Å². The van der Waals surface area contributed by atoms with Crippen molar-refractivity contribution >= 4 is 30.0 Å². The first-order valence-electron chi connectivity index (χ1n) is 6.13. The minimum Gasteiger partial charge on any atom is -0.482 e. The second-order valence-electron chi connectivity index (χ2n) is 4.18. The van der Waals surface area contributed by atoms with Gasteiger partial charge < -0.3 is 20.1 Å². The molecule has 130 valence electrons. The van der Waals surface area contributed by atoms with E-state index < -0.39 is 24.7 Å². The number of methoxy groups -OCH3 is 1. The minimum atomic E-state index is -4.55. The van der Waals surface area contributed by atoms with Crippen LogP contribution in [0.1, 0.15) is 10.4 Å². The standard InChI is InChI=1S/C13H15F3N2O4.ClH/c1-17-6-11(19)18-9-4-3-8(12(20)21-2)5-10(9)22-7-13(14,15)16;/h3-5,17H,6-7H2,1-2H3,(H,18,19);1H. The molecule has 0 fully saturated rings. The maximum absolute atomic E-state index is 12.3. The molecule has 0 unspecified atom stereocenters. The summed E-state index contributed by atoms with van der Waals surface area (Å²) in [5, 5.41) is 4.98. The first-order valence-corrected chi connectivity index (χ1v) is 6.13. The molecule has 0 spiro atoms. The van der Waals surface area contributed by atoms with Gasteiger partial charge in [-0.2, -0.15) is 13.2 Å². The molecule has 23 heavy (non-hydrogen) atoms. The fourth-order valence-corrected chi connectivity index (χ4v) is 1.50. The van der Waals surface area contributed by atoms with Crippen LogP contribution in [0.15, 0.2) is 18.2 Å². The van der Waals surface area contributed by atoms with E-state index in [1.807, 2.05) is 0 Å². The highest BCUT2D eigenvalue weighted by atomic mass is 35.5. The average Bonchev–Trinajstić information content (AvgIpc) is 2.44. The summed E-state index contributed by atoms with van der Waals surface area (Å²) in [6.45, 7) is -1.58. The molecule has 0 atom stereocenters. The quantitative estimate of drug-likeness (QED) is 0.762. The number of carbonyl (C=O) groups excluding carboxylic acids is 2. The smallest absolute Gasteiger partial charge is 0.422 e. The highest BCUT2D eigenvalue weighted by Crippen LogP contribution is 2.28. The molecule has 10 heteroatoms. The number of anilines is 1. The van der Waals surface area contributed by atoms with Crippen molar-refractivity contribution < 1.29 is 32.2 Å². The summed E-state index contributed by atoms with van der Waals surface area (Å²) < 4.78 is 45.9. The molecule has 1 amide bonds. The Morgan fingerprint density at radius 3 is 2.43 bits per heavy atom. The van der Waals surface area contributed by atoms with Crippen LogP contribution in [-0.4, -0.2) is 45.4 Å². The number of hydrogen-bond acceptors (Lipinski definition) is 5. The molecule has 0 radical (unpaired) electrons.